The van der Waals surface area contributed by atoms with Gasteiger partial charge in [-0.25, -0.2) is 0 Å². The van der Waals surface area contributed by atoms with E-state index >= 15 is 0 Å². The molecule has 0 atom stereocenters. The summed E-state index contributed by atoms with van der Waals surface area (Å²) >= 11 is 0. The lowest BCUT2D eigenvalue weighted by molar-refractivity contribution is -0.142. The number of carbonyl (C=O) groups is 1. The van der Waals surface area contributed by atoms with Crippen LogP contribution in [0.15, 0.2) is 24.5 Å². The molecule has 2 heterocycles. The van der Waals surface area contributed by atoms with Crippen LogP contribution < -0.4 is 5.73 Å². The van der Waals surface area contributed by atoms with Gasteiger partial charge in [-0.1, -0.05) is 0 Å². The van der Waals surface area contributed by atoms with Gasteiger partial charge in [0.1, 0.15) is 0 Å². The van der Waals surface area contributed by atoms with Gasteiger partial charge in [-0.15, -0.1) is 12.4 Å². The number of rotatable bonds is 3. The zero-order valence-corrected chi connectivity index (χ0v) is 13.0. The highest BCUT2D eigenvalue weighted by Gasteiger charge is 2.43. The quantitative estimate of drug-likeness (QED) is 0.906. The molecular weight excluding hydrogens is 288 g/mol. The molecule has 1 saturated carbocycles. The van der Waals surface area contributed by atoms with E-state index in [1.165, 1.54) is 5.56 Å². The first-order chi connectivity index (χ1) is 9.67. The van der Waals surface area contributed by atoms with Crippen molar-refractivity contribution in [3.63, 3.8) is 0 Å². The second-order valence-corrected chi connectivity index (χ2v) is 5.93. The maximum Gasteiger partial charge on any atom is 0.242 e. The minimum Gasteiger partial charge on any atom is -0.339 e. The highest BCUT2D eigenvalue weighted by molar-refractivity contribution is 5.87. The summed E-state index contributed by atoms with van der Waals surface area (Å²) in [4.78, 5) is 20.7. The molecule has 2 fully saturated rings. The van der Waals surface area contributed by atoms with Gasteiger partial charge in [-0.3, -0.25) is 14.7 Å². The van der Waals surface area contributed by atoms with Crippen molar-refractivity contribution in [2.75, 3.05) is 26.2 Å². The topological polar surface area (TPSA) is 62.5 Å². The van der Waals surface area contributed by atoms with Crippen LogP contribution in [0.2, 0.25) is 0 Å². The first kappa shape index (κ1) is 16.2. The van der Waals surface area contributed by atoms with Crippen molar-refractivity contribution in [3.05, 3.63) is 30.1 Å². The van der Waals surface area contributed by atoms with E-state index in [2.05, 4.69) is 9.88 Å². The fourth-order valence-corrected chi connectivity index (χ4v) is 2.94. The fourth-order valence-electron chi connectivity index (χ4n) is 2.94. The summed E-state index contributed by atoms with van der Waals surface area (Å²) in [5, 5.41) is 0. The van der Waals surface area contributed by atoms with Crippen LogP contribution in [0.4, 0.5) is 0 Å². The number of hydrogen-bond donors (Lipinski definition) is 1. The molecule has 0 radical (unpaired) electrons. The molecule has 6 heteroatoms. The SMILES string of the molecule is Cl.NC1(C(=O)N2CCN(Cc3ccncc3)CC2)CCC1. The minimum absolute atomic E-state index is 0. The largest absolute Gasteiger partial charge is 0.339 e. The average Bonchev–Trinajstić information content (AvgIpc) is 2.46. The first-order valence-corrected chi connectivity index (χ1v) is 7.37. The highest BCUT2D eigenvalue weighted by atomic mass is 35.5. The van der Waals surface area contributed by atoms with Gasteiger partial charge < -0.3 is 10.6 Å². The summed E-state index contributed by atoms with van der Waals surface area (Å²) in [5.74, 6) is 0.160. The van der Waals surface area contributed by atoms with Crippen LogP contribution in [-0.2, 0) is 11.3 Å². The fraction of sp³-hybridized carbons (Fsp3) is 0.600. The van der Waals surface area contributed by atoms with Gasteiger partial charge in [-0.05, 0) is 37.0 Å². The normalized spacial score (nSPS) is 21.3. The molecule has 116 valence electrons. The third-order valence-electron chi connectivity index (χ3n) is 4.49. The van der Waals surface area contributed by atoms with Gasteiger partial charge in [-0.2, -0.15) is 0 Å². The summed E-state index contributed by atoms with van der Waals surface area (Å²) in [5.41, 5.74) is 6.85. The number of piperazine rings is 1. The third kappa shape index (κ3) is 3.54. The predicted octanol–water partition coefficient (Wildman–Crippen LogP) is 1.03. The zero-order chi connectivity index (χ0) is 14.0. The zero-order valence-electron chi connectivity index (χ0n) is 12.2. The van der Waals surface area contributed by atoms with E-state index in [1.807, 2.05) is 29.4 Å². The molecule has 5 nitrogen and oxygen atoms in total. The van der Waals surface area contributed by atoms with Gasteiger partial charge in [0.05, 0.1) is 5.54 Å². The predicted molar refractivity (Wildman–Crippen MR) is 84.1 cm³/mol. The standard InChI is InChI=1S/C15H22N4O.ClH/c16-15(4-1-5-15)14(20)19-10-8-18(9-11-19)12-13-2-6-17-7-3-13;/h2-3,6-7H,1,4-5,8-12,16H2;1H. The van der Waals surface area contributed by atoms with Crippen molar-refractivity contribution in [3.8, 4) is 0 Å². The molecule has 0 aromatic carbocycles. The van der Waals surface area contributed by atoms with Crippen molar-refractivity contribution in [1.82, 2.24) is 14.8 Å². The van der Waals surface area contributed by atoms with Crippen molar-refractivity contribution in [1.29, 1.82) is 0 Å². The van der Waals surface area contributed by atoms with Crippen LogP contribution in [0, 0.1) is 0 Å². The lowest BCUT2D eigenvalue weighted by atomic mass is 9.76. The number of hydrogen-bond acceptors (Lipinski definition) is 4. The van der Waals surface area contributed by atoms with Gasteiger partial charge >= 0.3 is 0 Å². The molecule has 0 spiro atoms. The van der Waals surface area contributed by atoms with Gasteiger partial charge in [0, 0.05) is 45.1 Å². The molecule has 1 aliphatic carbocycles. The Labute approximate surface area is 131 Å². The second-order valence-electron chi connectivity index (χ2n) is 5.93. The maximum absolute atomic E-state index is 12.3. The van der Waals surface area contributed by atoms with Crippen molar-refractivity contribution >= 4 is 18.3 Å². The highest BCUT2D eigenvalue weighted by Crippen LogP contribution is 2.31. The molecule has 1 aliphatic heterocycles. The number of aromatic nitrogens is 1. The van der Waals surface area contributed by atoms with E-state index in [1.54, 1.807) is 0 Å². The smallest absolute Gasteiger partial charge is 0.242 e. The maximum atomic E-state index is 12.3. The average molecular weight is 311 g/mol. The molecular formula is C15H23ClN4O. The van der Waals surface area contributed by atoms with Crippen LogP contribution in [0.3, 0.4) is 0 Å². The lowest BCUT2D eigenvalue weighted by Crippen LogP contribution is -2.62. The molecule has 3 rings (SSSR count). The Balaban J connectivity index is 0.00000161. The Hall–Kier alpha value is -1.17. The number of carbonyl (C=O) groups excluding carboxylic acids is 1. The Morgan fingerprint density at radius 3 is 2.33 bits per heavy atom. The number of nitrogens with zero attached hydrogens (tertiary/aromatic N) is 3. The van der Waals surface area contributed by atoms with Gasteiger partial charge in [0.2, 0.25) is 5.91 Å². The minimum atomic E-state index is -0.548. The monoisotopic (exact) mass is 310 g/mol. The lowest BCUT2D eigenvalue weighted by Gasteiger charge is -2.43. The molecule has 1 aromatic rings. The molecule has 0 bridgehead atoms. The summed E-state index contributed by atoms with van der Waals surface area (Å²) in [6.45, 7) is 4.36. The van der Waals surface area contributed by atoms with Gasteiger partial charge in [0.25, 0.3) is 0 Å². The number of pyridine rings is 1. The van der Waals surface area contributed by atoms with E-state index in [0.29, 0.717) is 0 Å². The van der Waals surface area contributed by atoms with Crippen molar-refractivity contribution in [2.24, 2.45) is 5.73 Å². The Kier molecular flexibility index (Phi) is 5.19. The van der Waals surface area contributed by atoms with Crippen molar-refractivity contribution < 1.29 is 4.79 Å². The first-order valence-electron chi connectivity index (χ1n) is 7.37. The van der Waals surface area contributed by atoms with E-state index < -0.39 is 5.54 Å². The molecule has 2 N–H and O–H groups in total. The van der Waals surface area contributed by atoms with E-state index in [0.717, 1.165) is 52.0 Å². The van der Waals surface area contributed by atoms with Crippen LogP contribution in [0.5, 0.6) is 0 Å². The Morgan fingerprint density at radius 1 is 1.19 bits per heavy atom. The van der Waals surface area contributed by atoms with Crippen LogP contribution in [0.25, 0.3) is 0 Å². The van der Waals surface area contributed by atoms with E-state index in [4.69, 9.17) is 5.73 Å². The van der Waals surface area contributed by atoms with Crippen molar-refractivity contribution in [2.45, 2.75) is 31.3 Å². The van der Waals surface area contributed by atoms with E-state index in [9.17, 15) is 4.79 Å². The van der Waals surface area contributed by atoms with Gasteiger partial charge in [0.15, 0.2) is 0 Å². The van der Waals surface area contributed by atoms with Crippen LogP contribution in [-0.4, -0.2) is 52.4 Å². The number of halogens is 1. The summed E-state index contributed by atoms with van der Waals surface area (Å²) in [7, 11) is 0. The second kappa shape index (κ2) is 6.73. The molecule has 0 unspecified atom stereocenters. The Morgan fingerprint density at radius 2 is 1.81 bits per heavy atom. The molecule has 1 amide bonds. The van der Waals surface area contributed by atoms with Crippen LogP contribution in [0.1, 0.15) is 24.8 Å². The molecule has 1 saturated heterocycles. The number of nitrogens with two attached hydrogens (primary N) is 1. The van der Waals surface area contributed by atoms with E-state index in [-0.39, 0.29) is 18.3 Å². The molecule has 2 aliphatic rings. The molecule has 21 heavy (non-hydrogen) atoms. The molecule has 1 aromatic heterocycles. The van der Waals surface area contributed by atoms with Crippen LogP contribution >= 0.6 is 12.4 Å². The summed E-state index contributed by atoms with van der Waals surface area (Å²) in [6, 6.07) is 4.08. The number of amides is 1. The Bertz CT molecular complexity index is 470. The summed E-state index contributed by atoms with van der Waals surface area (Å²) in [6.07, 6.45) is 6.43. The summed E-state index contributed by atoms with van der Waals surface area (Å²) < 4.78 is 0. The third-order valence-corrected chi connectivity index (χ3v) is 4.49.